The second-order valence-corrected chi connectivity index (χ2v) is 8.81. The van der Waals surface area contributed by atoms with Crippen LogP contribution in [0.4, 0.5) is 0 Å². The topological polar surface area (TPSA) is 38.8 Å². The van der Waals surface area contributed by atoms with Gasteiger partial charge in [-0.05, 0) is 42.3 Å². The number of rotatable bonds is 8. The summed E-state index contributed by atoms with van der Waals surface area (Å²) in [5, 5.41) is 0. The smallest absolute Gasteiger partial charge is 0.265 e. The van der Waals surface area contributed by atoms with Crippen LogP contribution in [0, 0.1) is 0 Å². The van der Waals surface area contributed by atoms with E-state index in [4.69, 9.17) is 21.7 Å². The van der Waals surface area contributed by atoms with Gasteiger partial charge in [0.05, 0.1) is 4.91 Å². The Morgan fingerprint density at radius 1 is 1.17 bits per heavy atom. The molecule has 4 nitrogen and oxygen atoms in total. The van der Waals surface area contributed by atoms with Crippen molar-refractivity contribution in [2.24, 2.45) is 0 Å². The summed E-state index contributed by atoms with van der Waals surface area (Å²) in [7, 11) is 1.68. The lowest BCUT2D eigenvalue weighted by Crippen LogP contribution is -2.22. The van der Waals surface area contributed by atoms with Gasteiger partial charge in [0.15, 0.2) is 0 Å². The van der Waals surface area contributed by atoms with Crippen molar-refractivity contribution in [2.75, 3.05) is 20.3 Å². The molecule has 2 aromatic carbocycles. The molecular weight excluding hydrogens is 470 g/mol. The fourth-order valence-electron chi connectivity index (χ4n) is 2.72. The molecule has 0 spiro atoms. The SMILES string of the molecule is C=CCc1ccccc1OCCOc1ccc(Br)cc1/C=C1\SC(=S)N(C)C1=O. The van der Waals surface area contributed by atoms with Crippen LogP contribution in [0.25, 0.3) is 6.08 Å². The number of hydrogen-bond donors (Lipinski definition) is 0. The Morgan fingerprint density at radius 2 is 1.90 bits per heavy atom. The fourth-order valence-corrected chi connectivity index (χ4v) is 4.27. The molecule has 0 unspecified atom stereocenters. The van der Waals surface area contributed by atoms with Gasteiger partial charge in [0, 0.05) is 17.1 Å². The number of nitrogens with zero attached hydrogens (tertiary/aromatic N) is 1. The largest absolute Gasteiger partial charge is 0.490 e. The number of thioether (sulfide) groups is 1. The normalized spacial score (nSPS) is 15.1. The fraction of sp³-hybridized carbons (Fsp3) is 0.182. The number of amides is 1. The number of halogens is 1. The Bertz CT molecular complexity index is 974. The van der Waals surface area contributed by atoms with E-state index in [1.807, 2.05) is 54.6 Å². The predicted molar refractivity (Wildman–Crippen MR) is 126 cm³/mol. The first-order valence-electron chi connectivity index (χ1n) is 8.95. The van der Waals surface area contributed by atoms with Gasteiger partial charge in [0.2, 0.25) is 0 Å². The van der Waals surface area contributed by atoms with Gasteiger partial charge in [-0.1, -0.05) is 64.2 Å². The number of thiocarbonyl (C=S) groups is 1. The second kappa shape index (κ2) is 10.1. The van der Waals surface area contributed by atoms with E-state index in [-0.39, 0.29) is 5.91 Å². The molecule has 1 aliphatic heterocycles. The van der Waals surface area contributed by atoms with Crippen molar-refractivity contribution in [2.45, 2.75) is 6.42 Å². The van der Waals surface area contributed by atoms with Crippen LogP contribution >= 0.6 is 39.9 Å². The molecule has 29 heavy (non-hydrogen) atoms. The number of ether oxygens (including phenoxy) is 2. The number of benzene rings is 2. The first-order valence-corrected chi connectivity index (χ1v) is 11.0. The van der Waals surface area contributed by atoms with E-state index >= 15 is 0 Å². The van der Waals surface area contributed by atoms with Crippen LogP contribution < -0.4 is 9.47 Å². The van der Waals surface area contributed by atoms with Gasteiger partial charge >= 0.3 is 0 Å². The van der Waals surface area contributed by atoms with Gasteiger partial charge in [0.1, 0.15) is 29.0 Å². The van der Waals surface area contributed by atoms with Crippen molar-refractivity contribution in [1.29, 1.82) is 0 Å². The number of hydrogen-bond acceptors (Lipinski definition) is 5. The van der Waals surface area contributed by atoms with Crippen molar-refractivity contribution in [3.8, 4) is 11.5 Å². The molecule has 1 heterocycles. The molecule has 2 aromatic rings. The van der Waals surface area contributed by atoms with E-state index in [2.05, 4.69) is 22.5 Å². The van der Waals surface area contributed by atoms with Gasteiger partial charge in [-0.3, -0.25) is 9.69 Å². The first kappa shape index (κ1) is 21.6. The van der Waals surface area contributed by atoms with Gasteiger partial charge in [0.25, 0.3) is 5.91 Å². The minimum absolute atomic E-state index is 0.104. The monoisotopic (exact) mass is 489 g/mol. The van der Waals surface area contributed by atoms with Crippen molar-refractivity contribution in [3.63, 3.8) is 0 Å². The number of carbonyl (C=O) groups is 1. The van der Waals surface area contributed by atoms with E-state index in [0.29, 0.717) is 28.2 Å². The van der Waals surface area contributed by atoms with Crippen LogP contribution in [0.5, 0.6) is 11.5 Å². The number of para-hydroxylation sites is 1. The summed E-state index contributed by atoms with van der Waals surface area (Å²) in [6.07, 6.45) is 4.42. The van der Waals surface area contributed by atoms with E-state index in [1.54, 1.807) is 7.05 Å². The lowest BCUT2D eigenvalue weighted by Gasteiger charge is -2.13. The zero-order valence-electron chi connectivity index (χ0n) is 15.9. The predicted octanol–water partition coefficient (Wildman–Crippen LogP) is 5.47. The molecule has 0 bridgehead atoms. The third-order valence-electron chi connectivity index (χ3n) is 4.18. The first-order chi connectivity index (χ1) is 14.0. The number of likely N-dealkylation sites (N-methyl/N-ethyl adjacent to an activating group) is 1. The molecule has 0 atom stereocenters. The minimum atomic E-state index is -0.104. The maximum atomic E-state index is 12.3. The Hall–Kier alpha value is -2.09. The summed E-state index contributed by atoms with van der Waals surface area (Å²) in [6.45, 7) is 4.56. The molecule has 7 heteroatoms. The average Bonchev–Trinajstić information content (AvgIpc) is 2.94. The highest BCUT2D eigenvalue weighted by Crippen LogP contribution is 2.34. The van der Waals surface area contributed by atoms with E-state index in [1.165, 1.54) is 16.7 Å². The van der Waals surface area contributed by atoms with Crippen LogP contribution in [0.2, 0.25) is 0 Å². The molecule has 0 radical (unpaired) electrons. The summed E-state index contributed by atoms with van der Waals surface area (Å²) < 4.78 is 13.3. The highest BCUT2D eigenvalue weighted by molar-refractivity contribution is 9.10. The van der Waals surface area contributed by atoms with Crippen LogP contribution in [0.15, 0.2) is 64.5 Å². The van der Waals surface area contributed by atoms with E-state index in [9.17, 15) is 4.79 Å². The lowest BCUT2D eigenvalue weighted by molar-refractivity contribution is -0.121. The molecule has 1 amide bonds. The quantitative estimate of drug-likeness (QED) is 0.213. The summed E-state index contributed by atoms with van der Waals surface area (Å²) in [5.74, 6) is 1.41. The molecule has 3 rings (SSSR count). The molecule has 1 saturated heterocycles. The summed E-state index contributed by atoms with van der Waals surface area (Å²) in [6, 6.07) is 13.6. The molecule has 1 fully saturated rings. The van der Waals surface area contributed by atoms with Crippen molar-refractivity contribution >= 4 is 56.2 Å². The molecule has 0 aliphatic carbocycles. The van der Waals surface area contributed by atoms with Crippen LogP contribution in [0.3, 0.4) is 0 Å². The van der Waals surface area contributed by atoms with Crippen LogP contribution in [0.1, 0.15) is 11.1 Å². The highest BCUT2D eigenvalue weighted by atomic mass is 79.9. The Morgan fingerprint density at radius 3 is 2.59 bits per heavy atom. The summed E-state index contributed by atoms with van der Waals surface area (Å²) in [5.41, 5.74) is 1.90. The van der Waals surface area contributed by atoms with Crippen LogP contribution in [-0.4, -0.2) is 35.4 Å². The van der Waals surface area contributed by atoms with Gasteiger partial charge in [-0.2, -0.15) is 0 Å². The minimum Gasteiger partial charge on any atom is -0.490 e. The highest BCUT2D eigenvalue weighted by Gasteiger charge is 2.29. The van der Waals surface area contributed by atoms with E-state index < -0.39 is 0 Å². The maximum absolute atomic E-state index is 12.3. The average molecular weight is 490 g/mol. The third kappa shape index (κ3) is 5.50. The Labute approximate surface area is 188 Å². The number of allylic oxidation sites excluding steroid dienone is 1. The molecule has 0 aromatic heterocycles. The van der Waals surface area contributed by atoms with Crippen LogP contribution in [-0.2, 0) is 11.2 Å². The Kier molecular flexibility index (Phi) is 7.52. The zero-order valence-corrected chi connectivity index (χ0v) is 19.1. The number of carbonyl (C=O) groups excluding carboxylic acids is 1. The van der Waals surface area contributed by atoms with Crippen molar-refractivity contribution in [3.05, 3.63) is 75.6 Å². The summed E-state index contributed by atoms with van der Waals surface area (Å²) >= 11 is 9.96. The van der Waals surface area contributed by atoms with Gasteiger partial charge in [-0.25, -0.2) is 0 Å². The van der Waals surface area contributed by atoms with Gasteiger partial charge < -0.3 is 9.47 Å². The molecule has 0 N–H and O–H groups in total. The van der Waals surface area contributed by atoms with Gasteiger partial charge in [-0.15, -0.1) is 6.58 Å². The van der Waals surface area contributed by atoms with Crippen molar-refractivity contribution < 1.29 is 14.3 Å². The molecule has 0 saturated carbocycles. The lowest BCUT2D eigenvalue weighted by atomic mass is 10.1. The zero-order chi connectivity index (χ0) is 20.8. The second-order valence-electron chi connectivity index (χ2n) is 6.22. The summed E-state index contributed by atoms with van der Waals surface area (Å²) in [4.78, 5) is 14.3. The maximum Gasteiger partial charge on any atom is 0.265 e. The molecule has 150 valence electrons. The Balaban J connectivity index is 1.67. The molecular formula is C22H20BrNO3S2. The van der Waals surface area contributed by atoms with Crippen molar-refractivity contribution in [1.82, 2.24) is 4.90 Å². The molecule has 1 aliphatic rings. The van der Waals surface area contributed by atoms with E-state index in [0.717, 1.165) is 27.8 Å². The standard InChI is InChI=1S/C22H20BrNO3S2/c1-3-6-15-7-4-5-8-18(15)26-11-12-27-19-10-9-17(23)13-16(19)14-20-21(25)24(2)22(28)29-20/h3-5,7-10,13-14H,1,6,11-12H2,2H3/b20-14-. The third-order valence-corrected chi connectivity index (χ3v) is 6.16.